The van der Waals surface area contributed by atoms with Crippen molar-refractivity contribution >= 4 is 23.7 Å². The van der Waals surface area contributed by atoms with Crippen LogP contribution in [-0.4, -0.2) is 14.4 Å². The van der Waals surface area contributed by atoms with Gasteiger partial charge in [-0.1, -0.05) is 17.3 Å². The molecule has 0 aliphatic heterocycles. The van der Waals surface area contributed by atoms with Gasteiger partial charge in [-0.05, 0) is 24.9 Å². The largest absolute Gasteiger partial charge is 0.287 e. The molecule has 0 aliphatic rings. The molecule has 0 spiro atoms. The van der Waals surface area contributed by atoms with Crippen LogP contribution in [0.1, 0.15) is 0 Å². The first-order valence-corrected chi connectivity index (χ1v) is 3.73. The van der Waals surface area contributed by atoms with Crippen molar-refractivity contribution in [3.05, 3.63) is 34.6 Å². The van der Waals surface area contributed by atoms with Gasteiger partial charge >= 0.3 is 0 Å². The summed E-state index contributed by atoms with van der Waals surface area (Å²) in [4.78, 5) is 11.3. The molecule has 0 N–H and O–H groups in total. The smallest absolute Gasteiger partial charge is 0.266 e. The highest BCUT2D eigenvalue weighted by molar-refractivity contribution is 7.78. The van der Waals surface area contributed by atoms with Gasteiger partial charge in [-0.25, -0.2) is 0 Å². The maximum absolute atomic E-state index is 11.3. The normalized spacial score (nSPS) is 10.4. The van der Waals surface area contributed by atoms with Crippen LogP contribution in [-0.2, 0) is 0 Å². The third-order valence-corrected chi connectivity index (χ3v) is 1.81. The van der Waals surface area contributed by atoms with Crippen LogP contribution in [0.25, 0.3) is 10.9 Å². The minimum Gasteiger partial charge on any atom is -0.266 e. The van der Waals surface area contributed by atoms with E-state index in [0.29, 0.717) is 10.9 Å². The highest BCUT2D eigenvalue weighted by Gasteiger charge is 2.00. The van der Waals surface area contributed by atoms with E-state index in [0.717, 1.165) is 4.09 Å². The minimum atomic E-state index is -0.246. The fourth-order valence-corrected chi connectivity index (χ4v) is 1.13. The molecule has 0 unspecified atom stereocenters. The molecule has 12 heavy (non-hydrogen) atoms. The first-order valence-electron chi connectivity index (χ1n) is 3.33. The predicted molar refractivity (Wildman–Crippen MR) is 48.2 cm³/mol. The van der Waals surface area contributed by atoms with Gasteiger partial charge < -0.3 is 0 Å². The van der Waals surface area contributed by atoms with E-state index in [4.69, 9.17) is 0 Å². The van der Waals surface area contributed by atoms with Crippen molar-refractivity contribution in [3.8, 4) is 0 Å². The molecule has 60 valence electrons. The molecule has 1 heterocycles. The zero-order valence-electron chi connectivity index (χ0n) is 6.01. The molecule has 2 aromatic rings. The van der Waals surface area contributed by atoms with Crippen LogP contribution in [0.5, 0.6) is 0 Å². The van der Waals surface area contributed by atoms with Crippen molar-refractivity contribution in [2.75, 3.05) is 0 Å². The first-order chi connectivity index (χ1) is 5.79. The average molecular weight is 179 g/mol. The molecular formula is C7H5N3OS. The molecule has 0 saturated heterocycles. The average Bonchev–Trinajstić information content (AvgIpc) is 2.12. The molecule has 0 bridgehead atoms. The molecule has 4 nitrogen and oxygen atoms in total. The summed E-state index contributed by atoms with van der Waals surface area (Å²) in [6, 6.07) is 7.01. The van der Waals surface area contributed by atoms with E-state index < -0.39 is 0 Å². The Labute approximate surface area is 73.4 Å². The molecule has 2 rings (SSSR count). The van der Waals surface area contributed by atoms with Gasteiger partial charge in [0.2, 0.25) is 0 Å². The number of fused-ring (bicyclic) bond motifs is 1. The van der Waals surface area contributed by atoms with E-state index in [1.807, 2.05) is 0 Å². The Balaban J connectivity index is 3.01. The fraction of sp³-hybridized carbons (Fsp3) is 0. The van der Waals surface area contributed by atoms with Crippen LogP contribution >= 0.6 is 12.8 Å². The Kier molecular flexibility index (Phi) is 1.58. The molecule has 1 aromatic heterocycles. The number of aromatic nitrogens is 3. The number of nitrogens with zero attached hydrogens (tertiary/aromatic N) is 3. The number of rotatable bonds is 0. The lowest BCUT2D eigenvalue weighted by Gasteiger charge is -1.95. The van der Waals surface area contributed by atoms with Gasteiger partial charge in [-0.2, -0.15) is 4.09 Å². The van der Waals surface area contributed by atoms with E-state index in [-0.39, 0.29) is 5.56 Å². The van der Waals surface area contributed by atoms with Crippen LogP contribution in [0, 0.1) is 0 Å². The van der Waals surface area contributed by atoms with Crippen molar-refractivity contribution in [2.45, 2.75) is 0 Å². The second kappa shape index (κ2) is 2.60. The SMILES string of the molecule is O=c1c2ccccc2nnn1S. The Hall–Kier alpha value is -1.36. The highest BCUT2D eigenvalue weighted by Crippen LogP contribution is 2.02. The molecule has 0 fully saturated rings. The number of hydrogen-bond donors (Lipinski definition) is 1. The lowest BCUT2D eigenvalue weighted by molar-refractivity contribution is 0.827. The lowest BCUT2D eigenvalue weighted by Crippen LogP contribution is -2.16. The van der Waals surface area contributed by atoms with Gasteiger partial charge in [0, 0.05) is 0 Å². The topological polar surface area (TPSA) is 47.8 Å². The summed E-state index contributed by atoms with van der Waals surface area (Å²) in [5.41, 5.74) is 0.344. The van der Waals surface area contributed by atoms with Crippen molar-refractivity contribution in [2.24, 2.45) is 0 Å². The second-order valence-electron chi connectivity index (χ2n) is 2.30. The van der Waals surface area contributed by atoms with Gasteiger partial charge in [0.05, 0.1) is 5.39 Å². The molecule has 1 aromatic carbocycles. The van der Waals surface area contributed by atoms with Gasteiger partial charge in [0.1, 0.15) is 5.52 Å². The summed E-state index contributed by atoms with van der Waals surface area (Å²) in [6.07, 6.45) is 0. The Morgan fingerprint density at radius 3 is 2.92 bits per heavy atom. The Morgan fingerprint density at radius 1 is 1.33 bits per heavy atom. The molecule has 0 amide bonds. The van der Waals surface area contributed by atoms with E-state index in [2.05, 4.69) is 23.1 Å². The number of thiol groups is 1. The van der Waals surface area contributed by atoms with Crippen LogP contribution in [0.15, 0.2) is 29.1 Å². The maximum Gasteiger partial charge on any atom is 0.287 e. The Bertz CT molecular complexity index is 479. The summed E-state index contributed by atoms with van der Waals surface area (Å²) in [6.45, 7) is 0. The van der Waals surface area contributed by atoms with Gasteiger partial charge in [0.25, 0.3) is 5.56 Å². The summed E-state index contributed by atoms with van der Waals surface area (Å²) >= 11 is 3.80. The summed E-state index contributed by atoms with van der Waals surface area (Å²) in [7, 11) is 0. The fourth-order valence-electron chi connectivity index (χ4n) is 0.981. The molecule has 0 aliphatic carbocycles. The summed E-state index contributed by atoms with van der Waals surface area (Å²) < 4.78 is 0.919. The van der Waals surface area contributed by atoms with E-state index in [9.17, 15) is 4.79 Å². The zero-order valence-corrected chi connectivity index (χ0v) is 6.90. The molecule has 0 radical (unpaired) electrons. The van der Waals surface area contributed by atoms with E-state index in [1.165, 1.54) is 0 Å². The molecule has 0 atom stereocenters. The number of hydrogen-bond acceptors (Lipinski definition) is 4. The Morgan fingerprint density at radius 2 is 2.08 bits per heavy atom. The van der Waals surface area contributed by atoms with Gasteiger partial charge in [0.15, 0.2) is 0 Å². The lowest BCUT2D eigenvalue weighted by atomic mass is 10.2. The molecule has 5 heteroatoms. The zero-order chi connectivity index (χ0) is 8.55. The van der Waals surface area contributed by atoms with Crippen LogP contribution < -0.4 is 5.56 Å². The monoisotopic (exact) mass is 179 g/mol. The van der Waals surface area contributed by atoms with Crippen LogP contribution in [0.4, 0.5) is 0 Å². The third-order valence-electron chi connectivity index (χ3n) is 1.55. The predicted octanol–water partition coefficient (Wildman–Crippen LogP) is 0.484. The van der Waals surface area contributed by atoms with Crippen molar-refractivity contribution in [1.29, 1.82) is 0 Å². The second-order valence-corrected chi connectivity index (χ2v) is 2.68. The number of benzene rings is 1. The van der Waals surface area contributed by atoms with Crippen LogP contribution in [0.3, 0.4) is 0 Å². The summed E-state index contributed by atoms with van der Waals surface area (Å²) in [5, 5.41) is 7.83. The quantitative estimate of drug-likeness (QED) is 0.598. The third kappa shape index (κ3) is 0.984. The van der Waals surface area contributed by atoms with E-state index >= 15 is 0 Å². The van der Waals surface area contributed by atoms with E-state index in [1.54, 1.807) is 24.3 Å². The van der Waals surface area contributed by atoms with Gasteiger partial charge in [-0.15, -0.1) is 5.10 Å². The molecular weight excluding hydrogens is 174 g/mol. The van der Waals surface area contributed by atoms with Crippen molar-refractivity contribution in [1.82, 2.24) is 14.4 Å². The summed E-state index contributed by atoms with van der Waals surface area (Å²) in [5.74, 6) is 0. The highest BCUT2D eigenvalue weighted by atomic mass is 32.1. The minimum absolute atomic E-state index is 0.246. The van der Waals surface area contributed by atoms with Gasteiger partial charge in [-0.3, -0.25) is 4.79 Å². The van der Waals surface area contributed by atoms with Crippen molar-refractivity contribution in [3.63, 3.8) is 0 Å². The van der Waals surface area contributed by atoms with Crippen LogP contribution in [0.2, 0.25) is 0 Å². The van der Waals surface area contributed by atoms with Crippen molar-refractivity contribution < 1.29 is 0 Å². The molecule has 0 saturated carbocycles. The standard InChI is InChI=1S/C7H5N3OS/c11-7-5-3-1-2-4-6(5)8-9-10(7)12/h1-4,12H. The maximum atomic E-state index is 11.3. The first kappa shape index (κ1) is 7.30.